The Morgan fingerprint density at radius 1 is 1.11 bits per heavy atom. The normalized spacial score (nSPS) is 16.4. The highest BCUT2D eigenvalue weighted by molar-refractivity contribution is 5.79. The average Bonchev–Trinajstić information content (AvgIpc) is 3.30. The third kappa shape index (κ3) is 2.96. The van der Waals surface area contributed by atoms with Crippen LogP contribution in [0.5, 0.6) is 0 Å². The second kappa shape index (κ2) is 6.70. The highest BCUT2D eigenvalue weighted by Gasteiger charge is 2.23. The Morgan fingerprint density at radius 2 is 1.96 bits per heavy atom. The van der Waals surface area contributed by atoms with Crippen LogP contribution in [0.15, 0.2) is 58.1 Å². The number of hydrogen-bond donors (Lipinski definition) is 1. The summed E-state index contributed by atoms with van der Waals surface area (Å²) in [5, 5.41) is 1.14. The lowest BCUT2D eigenvalue weighted by molar-refractivity contribution is 0.204. The van der Waals surface area contributed by atoms with E-state index in [9.17, 15) is 4.79 Å². The molecule has 6 heteroatoms. The number of likely N-dealkylation sites (tertiary alicyclic amines) is 1. The number of pyridine rings is 1. The van der Waals surface area contributed by atoms with Gasteiger partial charge in [0, 0.05) is 30.6 Å². The van der Waals surface area contributed by atoms with Crippen molar-refractivity contribution in [2.75, 3.05) is 19.6 Å². The fourth-order valence-electron chi connectivity index (χ4n) is 4.24. The highest BCUT2D eigenvalue weighted by atomic mass is 16.3. The number of rotatable bonds is 4. The Balaban J connectivity index is 1.25. The van der Waals surface area contributed by atoms with Gasteiger partial charge in [-0.1, -0.05) is 12.1 Å². The molecular weight excluding hydrogens is 340 g/mol. The smallest absolute Gasteiger partial charge is 0.326 e. The summed E-state index contributed by atoms with van der Waals surface area (Å²) < 4.78 is 7.35. The van der Waals surface area contributed by atoms with Gasteiger partial charge >= 0.3 is 5.69 Å². The standard InChI is InChI=1S/C21H22N4O2/c26-21-23-17-3-1-2-4-18(17)25(21)13-12-24-10-6-15(7-11-24)20-16-8-14-27-19(16)5-9-22-20/h1-5,8-9,14-15H,6-7,10-13H2,(H,23,26). The lowest BCUT2D eigenvalue weighted by Gasteiger charge is -2.31. The van der Waals surface area contributed by atoms with Crippen LogP contribution in [0.1, 0.15) is 24.5 Å². The van der Waals surface area contributed by atoms with Crippen molar-refractivity contribution < 1.29 is 4.42 Å². The number of aromatic nitrogens is 3. The highest BCUT2D eigenvalue weighted by Crippen LogP contribution is 2.31. The summed E-state index contributed by atoms with van der Waals surface area (Å²) >= 11 is 0. The van der Waals surface area contributed by atoms with Crippen molar-refractivity contribution in [3.8, 4) is 0 Å². The summed E-state index contributed by atoms with van der Waals surface area (Å²) in [5.74, 6) is 0.471. The summed E-state index contributed by atoms with van der Waals surface area (Å²) in [7, 11) is 0. The summed E-state index contributed by atoms with van der Waals surface area (Å²) in [6.45, 7) is 3.65. The van der Waals surface area contributed by atoms with Gasteiger partial charge < -0.3 is 14.3 Å². The van der Waals surface area contributed by atoms with Crippen molar-refractivity contribution in [2.45, 2.75) is 25.3 Å². The largest absolute Gasteiger partial charge is 0.464 e. The molecule has 0 bridgehead atoms. The molecule has 0 atom stereocenters. The first kappa shape index (κ1) is 16.3. The molecule has 4 heterocycles. The van der Waals surface area contributed by atoms with Crippen LogP contribution in [-0.2, 0) is 6.54 Å². The van der Waals surface area contributed by atoms with Crippen LogP contribution in [0.4, 0.5) is 0 Å². The first-order valence-corrected chi connectivity index (χ1v) is 9.51. The van der Waals surface area contributed by atoms with Crippen LogP contribution in [0.25, 0.3) is 22.0 Å². The van der Waals surface area contributed by atoms with Crippen molar-refractivity contribution in [3.63, 3.8) is 0 Å². The molecule has 27 heavy (non-hydrogen) atoms. The minimum absolute atomic E-state index is 0.0260. The minimum atomic E-state index is -0.0260. The zero-order chi connectivity index (χ0) is 18.2. The van der Waals surface area contributed by atoms with Crippen molar-refractivity contribution in [1.82, 2.24) is 19.4 Å². The number of nitrogens with one attached hydrogen (secondary N) is 1. The van der Waals surface area contributed by atoms with Crippen LogP contribution < -0.4 is 5.69 Å². The van der Waals surface area contributed by atoms with Gasteiger partial charge in [-0.3, -0.25) is 9.55 Å². The van der Waals surface area contributed by atoms with E-state index in [2.05, 4.69) is 14.9 Å². The molecule has 6 nitrogen and oxygen atoms in total. The number of imidazole rings is 1. The molecule has 0 saturated carbocycles. The number of aromatic amines is 1. The Bertz CT molecular complexity index is 1130. The molecule has 5 rings (SSSR count). The average molecular weight is 362 g/mol. The van der Waals surface area contributed by atoms with Gasteiger partial charge in [-0.05, 0) is 50.2 Å². The maximum atomic E-state index is 12.2. The molecule has 3 aromatic heterocycles. The number of nitrogens with zero attached hydrogens (tertiary/aromatic N) is 3. The predicted octanol–water partition coefficient (Wildman–Crippen LogP) is 3.35. The molecule has 1 aliphatic heterocycles. The van der Waals surface area contributed by atoms with Gasteiger partial charge in [0.15, 0.2) is 0 Å². The molecule has 0 aliphatic carbocycles. The topological polar surface area (TPSA) is 67.1 Å². The van der Waals surface area contributed by atoms with Gasteiger partial charge in [0.1, 0.15) is 5.58 Å². The Morgan fingerprint density at radius 3 is 2.85 bits per heavy atom. The zero-order valence-corrected chi connectivity index (χ0v) is 15.1. The molecule has 138 valence electrons. The Hall–Kier alpha value is -2.86. The number of benzene rings is 1. The molecular formula is C21H22N4O2. The summed E-state index contributed by atoms with van der Waals surface area (Å²) in [6, 6.07) is 11.8. The van der Waals surface area contributed by atoms with E-state index in [1.165, 1.54) is 0 Å². The van der Waals surface area contributed by atoms with Crippen LogP contribution in [0.3, 0.4) is 0 Å². The number of piperidine rings is 1. The van der Waals surface area contributed by atoms with E-state index in [4.69, 9.17) is 4.42 Å². The molecule has 0 amide bonds. The summed E-state index contributed by atoms with van der Waals surface area (Å²) in [6.07, 6.45) is 5.75. The van der Waals surface area contributed by atoms with Crippen LogP contribution >= 0.6 is 0 Å². The van der Waals surface area contributed by atoms with Crippen molar-refractivity contribution in [1.29, 1.82) is 0 Å². The number of hydrogen-bond acceptors (Lipinski definition) is 4. The van der Waals surface area contributed by atoms with Gasteiger partial charge in [-0.15, -0.1) is 0 Å². The van der Waals surface area contributed by atoms with Gasteiger partial charge in [-0.25, -0.2) is 4.79 Å². The number of fused-ring (bicyclic) bond motifs is 2. The summed E-state index contributed by atoms with van der Waals surface area (Å²) in [5.41, 5.74) is 3.94. The Kier molecular flexibility index (Phi) is 4.05. The van der Waals surface area contributed by atoms with Gasteiger partial charge in [0.2, 0.25) is 0 Å². The first-order valence-electron chi connectivity index (χ1n) is 9.51. The van der Waals surface area contributed by atoms with Gasteiger partial charge in [-0.2, -0.15) is 0 Å². The lowest BCUT2D eigenvalue weighted by Crippen LogP contribution is -2.36. The molecule has 4 aromatic rings. The van der Waals surface area contributed by atoms with Crippen LogP contribution in [-0.4, -0.2) is 39.1 Å². The zero-order valence-electron chi connectivity index (χ0n) is 15.1. The van der Waals surface area contributed by atoms with Crippen molar-refractivity contribution >= 4 is 22.0 Å². The van der Waals surface area contributed by atoms with Gasteiger partial charge in [0.25, 0.3) is 0 Å². The molecule has 1 aromatic carbocycles. The molecule has 1 N–H and O–H groups in total. The molecule has 0 spiro atoms. The molecule has 1 fully saturated rings. The van der Waals surface area contributed by atoms with E-state index in [1.54, 1.807) is 6.26 Å². The van der Waals surface area contributed by atoms with E-state index in [1.807, 2.05) is 47.2 Å². The van der Waals surface area contributed by atoms with E-state index >= 15 is 0 Å². The molecule has 1 aliphatic rings. The summed E-state index contributed by atoms with van der Waals surface area (Å²) in [4.78, 5) is 22.2. The maximum Gasteiger partial charge on any atom is 0.326 e. The van der Waals surface area contributed by atoms with Crippen molar-refractivity contribution in [3.05, 3.63) is 65.0 Å². The molecule has 0 unspecified atom stereocenters. The van der Waals surface area contributed by atoms with E-state index in [0.717, 1.165) is 60.2 Å². The number of furan rings is 1. The lowest BCUT2D eigenvalue weighted by atomic mass is 9.91. The second-order valence-corrected chi connectivity index (χ2v) is 7.24. The quantitative estimate of drug-likeness (QED) is 0.605. The number of H-pyrrole nitrogens is 1. The second-order valence-electron chi connectivity index (χ2n) is 7.24. The van der Waals surface area contributed by atoms with E-state index in [-0.39, 0.29) is 5.69 Å². The third-order valence-corrected chi connectivity index (χ3v) is 5.71. The van der Waals surface area contributed by atoms with E-state index in [0.29, 0.717) is 12.5 Å². The van der Waals surface area contributed by atoms with Gasteiger partial charge in [0.05, 0.1) is 23.0 Å². The third-order valence-electron chi connectivity index (χ3n) is 5.71. The van der Waals surface area contributed by atoms with Crippen LogP contribution in [0.2, 0.25) is 0 Å². The fraction of sp³-hybridized carbons (Fsp3) is 0.333. The SMILES string of the molecule is O=c1[nH]c2ccccc2n1CCN1CCC(c2nccc3occc23)CC1. The van der Waals surface area contributed by atoms with E-state index < -0.39 is 0 Å². The predicted molar refractivity (Wildman–Crippen MR) is 105 cm³/mol. The molecule has 0 radical (unpaired) electrons. The minimum Gasteiger partial charge on any atom is -0.464 e. The van der Waals surface area contributed by atoms with Crippen molar-refractivity contribution in [2.24, 2.45) is 0 Å². The number of para-hydroxylation sites is 2. The maximum absolute atomic E-state index is 12.2. The monoisotopic (exact) mass is 362 g/mol. The first-order chi connectivity index (χ1) is 13.3. The molecule has 1 saturated heterocycles. The fourth-order valence-corrected chi connectivity index (χ4v) is 4.24. The Labute approximate surface area is 156 Å². The van der Waals surface area contributed by atoms with Crippen LogP contribution in [0, 0.1) is 0 Å².